The van der Waals surface area contributed by atoms with E-state index in [0.29, 0.717) is 32.7 Å². The minimum Gasteiger partial charge on any atom is -0.371 e. The van der Waals surface area contributed by atoms with Gasteiger partial charge in [-0.2, -0.15) is 0 Å². The number of carbonyl (C=O) groups excluding carboxylic acids is 1. The minimum absolute atomic E-state index is 0.0191. The molecule has 3 nitrogen and oxygen atoms in total. The number of hydrogen-bond donors (Lipinski definition) is 0. The molecule has 2 unspecified atom stereocenters. The first-order chi connectivity index (χ1) is 8.51. The van der Waals surface area contributed by atoms with Gasteiger partial charge in [0.25, 0.3) is 5.91 Å². The molecule has 2 atom stereocenters. The predicted octanol–water partition coefficient (Wildman–Crippen LogP) is 3.68. The number of rotatable bonds is 2. The summed E-state index contributed by atoms with van der Waals surface area (Å²) >= 11 is 16.5. The molecule has 1 fully saturated rings. The fraction of sp³-hybridized carbons (Fsp3) is 0.545. The van der Waals surface area contributed by atoms with Gasteiger partial charge in [-0.25, -0.2) is 0 Å². The van der Waals surface area contributed by atoms with E-state index in [0.717, 1.165) is 0 Å². The zero-order valence-corrected chi connectivity index (χ0v) is 13.6. The van der Waals surface area contributed by atoms with Crippen LogP contribution in [-0.2, 0) is 4.74 Å². The Kier molecular flexibility index (Phi) is 4.94. The Balaban J connectivity index is 2.15. The molecule has 2 heterocycles. The summed E-state index contributed by atoms with van der Waals surface area (Å²) in [5, 5.41) is 0.708. The van der Waals surface area contributed by atoms with Crippen molar-refractivity contribution in [2.75, 3.05) is 18.4 Å². The van der Waals surface area contributed by atoms with E-state index in [-0.39, 0.29) is 18.1 Å². The quantitative estimate of drug-likeness (QED) is 0.741. The summed E-state index contributed by atoms with van der Waals surface area (Å²) < 4.78 is 6.66. The second-order valence-corrected chi connectivity index (χ2v) is 7.10. The first-order valence-corrected chi connectivity index (χ1v) is 8.16. The van der Waals surface area contributed by atoms with E-state index < -0.39 is 0 Å². The second-order valence-electron chi connectivity index (χ2n) is 4.17. The SMILES string of the molecule is CC1CN(C(=O)c2cc(Cl)sc2Cl)CC(CBr)O1. The van der Waals surface area contributed by atoms with Gasteiger partial charge in [-0.3, -0.25) is 4.79 Å². The van der Waals surface area contributed by atoms with Gasteiger partial charge in [0.2, 0.25) is 0 Å². The van der Waals surface area contributed by atoms with Crippen LogP contribution in [0.4, 0.5) is 0 Å². The molecule has 18 heavy (non-hydrogen) atoms. The monoisotopic (exact) mass is 371 g/mol. The molecule has 0 spiro atoms. The third kappa shape index (κ3) is 3.20. The summed E-state index contributed by atoms with van der Waals surface area (Å²) in [6, 6.07) is 1.63. The van der Waals surface area contributed by atoms with Crippen LogP contribution in [0.15, 0.2) is 6.07 Å². The molecule has 1 aliphatic rings. The molecule has 1 aromatic rings. The molecule has 0 aliphatic carbocycles. The van der Waals surface area contributed by atoms with Crippen molar-refractivity contribution in [3.8, 4) is 0 Å². The molecular weight excluding hydrogens is 361 g/mol. The van der Waals surface area contributed by atoms with E-state index in [1.807, 2.05) is 6.92 Å². The van der Waals surface area contributed by atoms with Crippen molar-refractivity contribution < 1.29 is 9.53 Å². The Hall–Kier alpha value is 0.190. The lowest BCUT2D eigenvalue weighted by Crippen LogP contribution is -2.49. The third-order valence-corrected chi connectivity index (χ3v) is 4.88. The van der Waals surface area contributed by atoms with Crippen LogP contribution in [-0.4, -0.2) is 41.4 Å². The second kappa shape index (κ2) is 6.09. The summed E-state index contributed by atoms with van der Waals surface area (Å²) in [4.78, 5) is 14.1. The standard InChI is InChI=1S/C11H12BrCl2NO2S/c1-6-4-15(5-7(3-12)17-6)11(16)8-2-9(13)18-10(8)14/h2,6-7H,3-5H2,1H3. The number of amides is 1. The maximum atomic E-state index is 12.4. The van der Waals surface area contributed by atoms with Crippen molar-refractivity contribution in [1.29, 1.82) is 0 Å². The van der Waals surface area contributed by atoms with Crippen molar-refractivity contribution >= 4 is 56.4 Å². The lowest BCUT2D eigenvalue weighted by molar-refractivity contribution is -0.0559. The van der Waals surface area contributed by atoms with Gasteiger partial charge >= 0.3 is 0 Å². The normalized spacial score (nSPS) is 24.3. The molecule has 7 heteroatoms. The Morgan fingerprint density at radius 2 is 2.33 bits per heavy atom. The van der Waals surface area contributed by atoms with E-state index in [4.69, 9.17) is 27.9 Å². The molecule has 100 valence electrons. The lowest BCUT2D eigenvalue weighted by atomic mass is 10.2. The van der Waals surface area contributed by atoms with Crippen molar-refractivity contribution in [2.24, 2.45) is 0 Å². The molecule has 2 rings (SSSR count). The number of thiophene rings is 1. The topological polar surface area (TPSA) is 29.5 Å². The van der Waals surface area contributed by atoms with Crippen LogP contribution in [0.25, 0.3) is 0 Å². The van der Waals surface area contributed by atoms with Crippen LogP contribution in [0.3, 0.4) is 0 Å². The van der Waals surface area contributed by atoms with Crippen LogP contribution in [0.5, 0.6) is 0 Å². The fourth-order valence-electron chi connectivity index (χ4n) is 1.95. The predicted molar refractivity (Wildman–Crippen MR) is 78.4 cm³/mol. The summed E-state index contributed by atoms with van der Waals surface area (Å²) in [5.74, 6) is -0.0794. The summed E-state index contributed by atoms with van der Waals surface area (Å²) in [6.07, 6.45) is 0.0451. The highest BCUT2D eigenvalue weighted by atomic mass is 79.9. The van der Waals surface area contributed by atoms with Gasteiger partial charge in [0, 0.05) is 18.4 Å². The van der Waals surface area contributed by atoms with Crippen molar-refractivity contribution in [3.63, 3.8) is 0 Å². The van der Waals surface area contributed by atoms with Gasteiger partial charge in [0.05, 0.1) is 22.1 Å². The van der Waals surface area contributed by atoms with Crippen molar-refractivity contribution in [1.82, 2.24) is 4.90 Å². The highest BCUT2D eigenvalue weighted by Crippen LogP contribution is 2.32. The maximum Gasteiger partial charge on any atom is 0.256 e. The fourth-order valence-corrected chi connectivity index (χ4v) is 3.76. The van der Waals surface area contributed by atoms with E-state index in [9.17, 15) is 4.79 Å². The molecule has 0 aromatic carbocycles. The molecular formula is C11H12BrCl2NO2S. The van der Waals surface area contributed by atoms with Gasteiger partial charge in [-0.15, -0.1) is 11.3 Å². The zero-order valence-electron chi connectivity index (χ0n) is 9.66. The molecule has 0 N–H and O–H groups in total. The molecule has 1 saturated heterocycles. The maximum absolute atomic E-state index is 12.4. The van der Waals surface area contributed by atoms with E-state index in [1.165, 1.54) is 11.3 Å². The average molecular weight is 373 g/mol. The Bertz CT molecular complexity index is 454. The molecule has 1 aromatic heterocycles. The van der Waals surface area contributed by atoms with E-state index in [1.54, 1.807) is 11.0 Å². The van der Waals surface area contributed by atoms with Crippen LogP contribution in [0.1, 0.15) is 17.3 Å². The van der Waals surface area contributed by atoms with Gasteiger partial charge in [0.1, 0.15) is 4.34 Å². The number of hydrogen-bond acceptors (Lipinski definition) is 3. The lowest BCUT2D eigenvalue weighted by Gasteiger charge is -2.36. The van der Waals surface area contributed by atoms with Gasteiger partial charge in [0.15, 0.2) is 0 Å². The smallest absolute Gasteiger partial charge is 0.256 e. The van der Waals surface area contributed by atoms with E-state index >= 15 is 0 Å². The highest BCUT2D eigenvalue weighted by molar-refractivity contribution is 9.09. The minimum atomic E-state index is -0.0794. The Morgan fingerprint density at radius 1 is 1.61 bits per heavy atom. The molecule has 0 radical (unpaired) electrons. The van der Waals surface area contributed by atoms with Crippen molar-refractivity contribution in [2.45, 2.75) is 19.1 Å². The van der Waals surface area contributed by atoms with Crippen LogP contribution < -0.4 is 0 Å². The van der Waals surface area contributed by atoms with Gasteiger partial charge in [-0.05, 0) is 13.0 Å². The molecule has 1 amide bonds. The highest BCUT2D eigenvalue weighted by Gasteiger charge is 2.29. The van der Waals surface area contributed by atoms with Crippen LogP contribution >= 0.6 is 50.5 Å². The summed E-state index contributed by atoms with van der Waals surface area (Å²) in [5.41, 5.74) is 0.481. The molecule has 1 aliphatic heterocycles. The number of carbonyl (C=O) groups is 1. The largest absolute Gasteiger partial charge is 0.371 e. The van der Waals surface area contributed by atoms with E-state index in [2.05, 4.69) is 15.9 Å². The summed E-state index contributed by atoms with van der Waals surface area (Å²) in [7, 11) is 0. The van der Waals surface area contributed by atoms with Gasteiger partial charge < -0.3 is 9.64 Å². The number of halogens is 3. The number of morpholine rings is 1. The first-order valence-electron chi connectivity index (χ1n) is 5.46. The Morgan fingerprint density at radius 3 is 2.89 bits per heavy atom. The number of ether oxygens (including phenoxy) is 1. The van der Waals surface area contributed by atoms with Crippen LogP contribution in [0, 0.1) is 0 Å². The zero-order chi connectivity index (χ0) is 13.3. The first kappa shape index (κ1) is 14.6. The van der Waals surface area contributed by atoms with Crippen molar-refractivity contribution in [3.05, 3.63) is 20.3 Å². The Labute approximate surface area is 128 Å². The average Bonchev–Trinajstić information content (AvgIpc) is 2.66. The van der Waals surface area contributed by atoms with Gasteiger partial charge in [-0.1, -0.05) is 39.1 Å². The molecule has 0 bridgehead atoms. The van der Waals surface area contributed by atoms with Crippen LogP contribution in [0.2, 0.25) is 8.67 Å². The third-order valence-electron chi connectivity index (χ3n) is 2.67. The summed E-state index contributed by atoms with van der Waals surface area (Å²) in [6.45, 7) is 3.10. The molecule has 0 saturated carbocycles. The number of alkyl halides is 1. The number of nitrogens with zero attached hydrogens (tertiary/aromatic N) is 1.